The van der Waals surface area contributed by atoms with Crippen molar-refractivity contribution in [1.29, 1.82) is 5.41 Å². The molecule has 1 aliphatic heterocycles. The third-order valence-electron chi connectivity index (χ3n) is 8.60. The smallest absolute Gasteiger partial charge is 0.407 e. The third kappa shape index (κ3) is 7.19. The average molecular weight is 606 g/mol. The van der Waals surface area contributed by atoms with Crippen molar-refractivity contribution in [3.8, 4) is 16.9 Å². The molecule has 43 heavy (non-hydrogen) atoms. The maximum Gasteiger partial charge on any atom is 0.407 e. The lowest BCUT2D eigenvalue weighted by molar-refractivity contribution is 0.140. The van der Waals surface area contributed by atoms with Gasteiger partial charge in [-0.1, -0.05) is 49.4 Å². The van der Waals surface area contributed by atoms with Crippen molar-refractivity contribution in [1.82, 2.24) is 5.32 Å². The fourth-order valence-electron chi connectivity index (χ4n) is 6.01. The lowest BCUT2D eigenvalue weighted by Gasteiger charge is -2.32. The highest BCUT2D eigenvalue weighted by atomic mass is 32.2. The van der Waals surface area contributed by atoms with Crippen LogP contribution >= 0.6 is 0 Å². The fourth-order valence-corrected chi connectivity index (χ4v) is 6.37. The zero-order chi connectivity index (χ0) is 30.7. The summed E-state index contributed by atoms with van der Waals surface area (Å²) in [7, 11) is -4.16. The Morgan fingerprint density at radius 1 is 1.12 bits per heavy atom. The first kappa shape index (κ1) is 30.6. The van der Waals surface area contributed by atoms with Gasteiger partial charge in [0.15, 0.2) is 0 Å². The number of rotatable bonds is 11. The van der Waals surface area contributed by atoms with Crippen molar-refractivity contribution in [2.45, 2.75) is 46.1 Å². The van der Waals surface area contributed by atoms with Gasteiger partial charge in [-0.2, -0.15) is 8.42 Å². The Morgan fingerprint density at radius 2 is 1.88 bits per heavy atom. The lowest BCUT2D eigenvalue weighted by Crippen LogP contribution is -2.35. The van der Waals surface area contributed by atoms with Crippen LogP contribution in [0.3, 0.4) is 0 Å². The van der Waals surface area contributed by atoms with Gasteiger partial charge in [-0.05, 0) is 89.6 Å². The van der Waals surface area contributed by atoms with Gasteiger partial charge in [0.05, 0.1) is 12.4 Å². The number of amides is 1. The van der Waals surface area contributed by atoms with Crippen molar-refractivity contribution in [2.24, 2.45) is 11.8 Å². The molecule has 0 bridgehead atoms. The fraction of sp³-hybridized carbons (Fsp3) is 0.394. The standard InChI is InChI=1S/C33H39N3O6S/c1-21-8-4-13-29(22(21)2)41-16-7-14-30(34)36-19-27-23(3)31(27)32-26(11-6-12-28(32)36)25-10-5-9-24(18-25)20-42-33(37)35-15-17-43(38,39)40/h4-6,8-13,18,23,27,31,34H,7,14-17,19-20H2,1-3H3,(H,35,37)(H,38,39,40). The molecule has 0 aromatic heterocycles. The van der Waals surface area contributed by atoms with Crippen LogP contribution in [0, 0.1) is 31.1 Å². The van der Waals surface area contributed by atoms with E-state index in [0.29, 0.717) is 36.6 Å². The van der Waals surface area contributed by atoms with E-state index in [1.54, 1.807) is 0 Å². The monoisotopic (exact) mass is 605 g/mol. The molecule has 1 fully saturated rings. The van der Waals surface area contributed by atoms with Crippen LogP contribution in [-0.2, 0) is 21.5 Å². The van der Waals surface area contributed by atoms with Crippen LogP contribution in [-0.4, -0.2) is 50.3 Å². The number of nitrogens with one attached hydrogen (secondary N) is 2. The second kappa shape index (κ2) is 12.8. The number of hydrogen-bond acceptors (Lipinski definition) is 6. The topological polar surface area (TPSA) is 129 Å². The van der Waals surface area contributed by atoms with Gasteiger partial charge in [-0.25, -0.2) is 4.79 Å². The average Bonchev–Trinajstić information content (AvgIpc) is 3.64. The molecule has 10 heteroatoms. The summed E-state index contributed by atoms with van der Waals surface area (Å²) in [5.74, 6) is 2.40. The Hall–Kier alpha value is -3.89. The molecule has 3 N–H and O–H groups in total. The molecule has 0 saturated heterocycles. The van der Waals surface area contributed by atoms with Gasteiger partial charge in [-0.3, -0.25) is 9.96 Å². The predicted octanol–water partition coefficient (Wildman–Crippen LogP) is 6.09. The number of carbonyl (C=O) groups is 1. The quantitative estimate of drug-likeness (QED) is 0.104. The van der Waals surface area contributed by atoms with E-state index in [0.717, 1.165) is 46.7 Å². The largest absolute Gasteiger partial charge is 0.493 e. The second-order valence-electron chi connectivity index (χ2n) is 11.5. The van der Waals surface area contributed by atoms with Gasteiger partial charge >= 0.3 is 6.09 Å². The van der Waals surface area contributed by atoms with E-state index in [4.69, 9.17) is 19.4 Å². The summed E-state index contributed by atoms with van der Waals surface area (Å²) in [5, 5.41) is 11.3. The van der Waals surface area contributed by atoms with Gasteiger partial charge in [0, 0.05) is 25.2 Å². The molecule has 1 saturated carbocycles. The van der Waals surface area contributed by atoms with Gasteiger partial charge in [0.1, 0.15) is 18.2 Å². The zero-order valence-corrected chi connectivity index (χ0v) is 25.6. The highest BCUT2D eigenvalue weighted by Crippen LogP contribution is 2.61. The number of amidine groups is 1. The van der Waals surface area contributed by atoms with Gasteiger partial charge in [-0.15, -0.1) is 0 Å². The van der Waals surface area contributed by atoms with Crippen LogP contribution in [0.5, 0.6) is 5.75 Å². The van der Waals surface area contributed by atoms with E-state index in [1.807, 2.05) is 42.5 Å². The highest BCUT2D eigenvalue weighted by molar-refractivity contribution is 7.85. The first-order chi connectivity index (χ1) is 20.5. The zero-order valence-electron chi connectivity index (χ0n) is 24.8. The highest BCUT2D eigenvalue weighted by Gasteiger charge is 2.53. The SMILES string of the molecule is Cc1cccc(OCCCC(=N)N2CC3C(C)C3c3c(-c4cccc(COC(=O)NCCS(=O)(=O)O)c4)cccc32)c1C. The molecule has 228 valence electrons. The van der Waals surface area contributed by atoms with Crippen LogP contribution < -0.4 is 15.0 Å². The van der Waals surface area contributed by atoms with Crippen molar-refractivity contribution in [3.63, 3.8) is 0 Å². The van der Waals surface area contributed by atoms with E-state index in [-0.39, 0.29) is 13.2 Å². The van der Waals surface area contributed by atoms with Crippen molar-refractivity contribution < 1.29 is 27.2 Å². The normalized spacial score (nSPS) is 18.8. The number of hydrogen-bond donors (Lipinski definition) is 3. The van der Waals surface area contributed by atoms with Gasteiger partial charge < -0.3 is 19.7 Å². The maximum atomic E-state index is 12.0. The first-order valence-corrected chi connectivity index (χ1v) is 16.3. The Kier molecular flexibility index (Phi) is 9.08. The summed E-state index contributed by atoms with van der Waals surface area (Å²) in [5.41, 5.74) is 7.64. The molecular weight excluding hydrogens is 566 g/mol. The van der Waals surface area contributed by atoms with Gasteiger partial charge in [0.25, 0.3) is 10.1 Å². The van der Waals surface area contributed by atoms with Crippen molar-refractivity contribution in [2.75, 3.05) is 30.3 Å². The van der Waals surface area contributed by atoms with Crippen LogP contribution in [0.2, 0.25) is 0 Å². The van der Waals surface area contributed by atoms with E-state index < -0.39 is 22.0 Å². The van der Waals surface area contributed by atoms with Crippen molar-refractivity contribution >= 4 is 27.7 Å². The summed E-state index contributed by atoms with van der Waals surface area (Å²) in [4.78, 5) is 14.2. The number of carbonyl (C=O) groups excluding carboxylic acids is 1. The molecule has 1 amide bonds. The molecule has 3 aromatic rings. The van der Waals surface area contributed by atoms with Gasteiger partial charge in [0.2, 0.25) is 0 Å². The molecule has 0 spiro atoms. The van der Waals surface area contributed by atoms with E-state index in [2.05, 4.69) is 49.2 Å². The van der Waals surface area contributed by atoms with E-state index in [1.165, 1.54) is 11.1 Å². The molecule has 1 aliphatic carbocycles. The Balaban J connectivity index is 1.26. The second-order valence-corrected chi connectivity index (χ2v) is 13.1. The molecule has 3 atom stereocenters. The summed E-state index contributed by atoms with van der Waals surface area (Å²) >= 11 is 0. The number of anilines is 1. The molecule has 3 unspecified atom stereocenters. The Bertz CT molecular complexity index is 1620. The number of aryl methyl sites for hydroxylation is 1. The van der Waals surface area contributed by atoms with Crippen molar-refractivity contribution in [3.05, 3.63) is 82.9 Å². The van der Waals surface area contributed by atoms with Crippen LogP contribution in [0.4, 0.5) is 10.5 Å². The molecule has 5 rings (SSSR count). The molecule has 0 radical (unpaired) electrons. The molecule has 9 nitrogen and oxygen atoms in total. The van der Waals surface area contributed by atoms with E-state index >= 15 is 0 Å². The Labute approximate surface area is 253 Å². The lowest BCUT2D eigenvalue weighted by atomic mass is 9.90. The first-order valence-electron chi connectivity index (χ1n) is 14.7. The van der Waals surface area contributed by atoms with Crippen LogP contribution in [0.1, 0.15) is 47.9 Å². The van der Waals surface area contributed by atoms with Crippen LogP contribution in [0.25, 0.3) is 11.1 Å². The molecule has 3 aromatic carbocycles. The minimum Gasteiger partial charge on any atom is -0.493 e. The molecule has 1 heterocycles. The number of nitrogens with zero attached hydrogens (tertiary/aromatic N) is 1. The molecule has 2 aliphatic rings. The van der Waals surface area contributed by atoms with E-state index in [9.17, 15) is 13.2 Å². The van der Waals surface area contributed by atoms with Crippen LogP contribution in [0.15, 0.2) is 60.7 Å². The number of benzene rings is 3. The predicted molar refractivity (Wildman–Crippen MR) is 168 cm³/mol. The summed E-state index contributed by atoms with van der Waals surface area (Å²) < 4.78 is 41.8. The minimum atomic E-state index is -4.16. The Morgan fingerprint density at radius 3 is 2.67 bits per heavy atom. The maximum absolute atomic E-state index is 12.0. The molecular formula is C33H39N3O6S. The summed E-state index contributed by atoms with van der Waals surface area (Å²) in [6.45, 7) is 7.62. The number of alkyl carbamates (subject to hydrolysis) is 1. The summed E-state index contributed by atoms with van der Waals surface area (Å²) in [6, 6.07) is 20.2. The minimum absolute atomic E-state index is 0.0178. The summed E-state index contributed by atoms with van der Waals surface area (Å²) in [6.07, 6.45) is 0.626. The number of ether oxygens (including phenoxy) is 2. The third-order valence-corrected chi connectivity index (χ3v) is 9.32. The number of fused-ring (bicyclic) bond motifs is 3.